The average Bonchev–Trinajstić information content (AvgIpc) is 3.12. The first-order valence-electron chi connectivity index (χ1n) is 7.08. The van der Waals surface area contributed by atoms with E-state index in [-0.39, 0.29) is 0 Å². The minimum absolute atomic E-state index is 0.452. The lowest BCUT2D eigenvalue weighted by atomic mass is 10.1. The highest BCUT2D eigenvalue weighted by Crippen LogP contribution is 2.29. The number of carbonyl (C=O) groups is 1. The molecule has 1 aliphatic heterocycles. The molecule has 0 bridgehead atoms. The number of aromatic nitrogens is 1. The number of carboxylic acid groups (broad SMARTS) is 1. The molecule has 0 saturated heterocycles. The number of thiophene rings is 2. The van der Waals surface area contributed by atoms with Crippen LogP contribution in [0.4, 0.5) is 0 Å². The van der Waals surface area contributed by atoms with E-state index < -0.39 is 5.97 Å². The van der Waals surface area contributed by atoms with E-state index in [4.69, 9.17) is 5.11 Å². The molecular weight excluding hydrogens is 316 g/mol. The predicted octanol–water partition coefficient (Wildman–Crippen LogP) is 3.61. The molecule has 22 heavy (non-hydrogen) atoms. The zero-order valence-electron chi connectivity index (χ0n) is 11.8. The van der Waals surface area contributed by atoms with E-state index in [1.165, 1.54) is 32.0 Å². The molecule has 0 saturated carbocycles. The van der Waals surface area contributed by atoms with Gasteiger partial charge < -0.3 is 5.11 Å². The summed E-state index contributed by atoms with van der Waals surface area (Å²) in [6.07, 6.45) is 2.87. The number of carboxylic acids is 1. The van der Waals surface area contributed by atoms with Crippen molar-refractivity contribution < 1.29 is 9.90 Å². The van der Waals surface area contributed by atoms with Crippen molar-refractivity contribution in [1.82, 2.24) is 9.88 Å². The molecule has 3 aromatic heterocycles. The van der Waals surface area contributed by atoms with E-state index in [0.717, 1.165) is 31.6 Å². The van der Waals surface area contributed by atoms with Crippen LogP contribution in [-0.2, 0) is 19.5 Å². The van der Waals surface area contributed by atoms with Crippen LogP contribution in [0, 0.1) is 0 Å². The summed E-state index contributed by atoms with van der Waals surface area (Å²) in [7, 11) is 0. The molecule has 0 spiro atoms. The lowest BCUT2D eigenvalue weighted by Gasteiger charge is -2.26. The van der Waals surface area contributed by atoms with Crippen molar-refractivity contribution in [1.29, 1.82) is 0 Å². The van der Waals surface area contributed by atoms with E-state index in [0.29, 0.717) is 4.88 Å². The Hall–Kier alpha value is -1.76. The van der Waals surface area contributed by atoms with Crippen molar-refractivity contribution in [2.75, 3.05) is 6.54 Å². The molecule has 112 valence electrons. The number of rotatable bonds is 3. The minimum Gasteiger partial charge on any atom is -0.477 e. The Labute approximate surface area is 135 Å². The summed E-state index contributed by atoms with van der Waals surface area (Å²) in [6.45, 7) is 2.65. The lowest BCUT2D eigenvalue weighted by molar-refractivity contribution is 0.0702. The van der Waals surface area contributed by atoms with Crippen LogP contribution in [0.2, 0.25) is 0 Å². The van der Waals surface area contributed by atoms with Gasteiger partial charge in [-0.3, -0.25) is 9.88 Å². The van der Waals surface area contributed by atoms with Crippen LogP contribution in [0.25, 0.3) is 10.2 Å². The summed E-state index contributed by atoms with van der Waals surface area (Å²) >= 11 is 3.12. The van der Waals surface area contributed by atoms with Crippen LogP contribution < -0.4 is 0 Å². The van der Waals surface area contributed by atoms with Gasteiger partial charge in [0.15, 0.2) is 0 Å². The van der Waals surface area contributed by atoms with Gasteiger partial charge in [-0.1, -0.05) is 0 Å². The average molecular weight is 330 g/mol. The quantitative estimate of drug-likeness (QED) is 0.797. The van der Waals surface area contributed by atoms with Gasteiger partial charge in [-0.05, 0) is 41.1 Å². The molecule has 0 radical (unpaired) electrons. The molecule has 1 aliphatic rings. The van der Waals surface area contributed by atoms with E-state index in [1.54, 1.807) is 11.3 Å². The number of hydrogen-bond donors (Lipinski definition) is 1. The predicted molar refractivity (Wildman–Crippen MR) is 88.7 cm³/mol. The van der Waals surface area contributed by atoms with Gasteiger partial charge in [-0.15, -0.1) is 22.7 Å². The number of pyridine rings is 1. The maximum atomic E-state index is 11.1. The van der Waals surface area contributed by atoms with Crippen LogP contribution in [-0.4, -0.2) is 27.5 Å². The highest BCUT2D eigenvalue weighted by molar-refractivity contribution is 7.17. The Kier molecular flexibility index (Phi) is 3.44. The van der Waals surface area contributed by atoms with E-state index in [1.807, 2.05) is 18.3 Å². The van der Waals surface area contributed by atoms with E-state index >= 15 is 0 Å². The third kappa shape index (κ3) is 2.54. The third-order valence-corrected chi connectivity index (χ3v) is 5.94. The van der Waals surface area contributed by atoms with Gasteiger partial charge in [0, 0.05) is 30.7 Å². The standard InChI is InChI=1S/C16H14N2O2S2/c19-16(20)14-6-11-1-3-18(9-15(11)22-14)8-10-5-13-12(17-7-10)2-4-21-13/h2,4-7H,1,3,8-9H2,(H,19,20). The van der Waals surface area contributed by atoms with Crippen LogP contribution in [0.1, 0.15) is 25.7 Å². The fourth-order valence-electron chi connectivity index (χ4n) is 2.84. The van der Waals surface area contributed by atoms with Gasteiger partial charge >= 0.3 is 5.97 Å². The number of fused-ring (bicyclic) bond motifs is 2. The Morgan fingerprint density at radius 3 is 3.18 bits per heavy atom. The summed E-state index contributed by atoms with van der Waals surface area (Å²) in [6, 6.07) is 6.08. The fraction of sp³-hybridized carbons (Fsp3) is 0.250. The normalized spacial score (nSPS) is 15.1. The molecule has 0 aliphatic carbocycles. The zero-order chi connectivity index (χ0) is 15.1. The summed E-state index contributed by atoms with van der Waals surface area (Å²) in [5.74, 6) is -0.821. The van der Waals surface area contributed by atoms with Crippen molar-refractivity contribution in [3.63, 3.8) is 0 Å². The van der Waals surface area contributed by atoms with Crippen molar-refractivity contribution in [2.24, 2.45) is 0 Å². The Bertz CT molecular complexity index is 853. The van der Waals surface area contributed by atoms with Crippen molar-refractivity contribution >= 4 is 38.9 Å². The first-order valence-corrected chi connectivity index (χ1v) is 8.78. The molecule has 0 unspecified atom stereocenters. The van der Waals surface area contributed by atoms with Gasteiger partial charge in [0.1, 0.15) is 4.88 Å². The molecule has 4 rings (SSSR count). The summed E-state index contributed by atoms with van der Waals surface area (Å²) in [5, 5.41) is 11.2. The molecule has 0 aromatic carbocycles. The van der Waals surface area contributed by atoms with Crippen molar-refractivity contribution in [2.45, 2.75) is 19.5 Å². The Morgan fingerprint density at radius 1 is 1.41 bits per heavy atom. The molecular formula is C16H14N2O2S2. The second-order valence-electron chi connectivity index (χ2n) is 5.47. The second kappa shape index (κ2) is 5.46. The molecule has 0 amide bonds. The summed E-state index contributed by atoms with van der Waals surface area (Å²) in [4.78, 5) is 19.6. The van der Waals surface area contributed by atoms with Crippen LogP contribution >= 0.6 is 22.7 Å². The van der Waals surface area contributed by atoms with Crippen LogP contribution in [0.3, 0.4) is 0 Å². The van der Waals surface area contributed by atoms with Crippen molar-refractivity contribution in [3.8, 4) is 0 Å². The number of nitrogens with zero attached hydrogens (tertiary/aromatic N) is 2. The fourth-order valence-corrected chi connectivity index (χ4v) is 4.74. The summed E-state index contributed by atoms with van der Waals surface area (Å²) in [5.41, 5.74) is 3.47. The maximum absolute atomic E-state index is 11.1. The van der Waals surface area contributed by atoms with Crippen LogP contribution in [0.15, 0.2) is 29.8 Å². The Morgan fingerprint density at radius 2 is 2.32 bits per heavy atom. The third-order valence-electron chi connectivity index (χ3n) is 3.94. The van der Waals surface area contributed by atoms with Gasteiger partial charge in [0.25, 0.3) is 0 Å². The summed E-state index contributed by atoms with van der Waals surface area (Å²) < 4.78 is 1.22. The first-order chi connectivity index (χ1) is 10.7. The van der Waals surface area contributed by atoms with E-state index in [9.17, 15) is 4.79 Å². The molecule has 0 atom stereocenters. The molecule has 1 N–H and O–H groups in total. The van der Waals surface area contributed by atoms with Gasteiger partial charge in [0.2, 0.25) is 0 Å². The number of hydrogen-bond acceptors (Lipinski definition) is 5. The van der Waals surface area contributed by atoms with Gasteiger partial charge in [0.05, 0.1) is 10.2 Å². The smallest absolute Gasteiger partial charge is 0.345 e. The van der Waals surface area contributed by atoms with Gasteiger partial charge in [-0.2, -0.15) is 0 Å². The molecule has 3 aromatic rings. The molecule has 4 nitrogen and oxygen atoms in total. The number of aromatic carboxylic acids is 1. The Balaban J connectivity index is 1.53. The topological polar surface area (TPSA) is 53.4 Å². The van der Waals surface area contributed by atoms with E-state index in [2.05, 4.69) is 21.3 Å². The van der Waals surface area contributed by atoms with Crippen molar-refractivity contribution in [3.05, 3.63) is 50.7 Å². The highest BCUT2D eigenvalue weighted by Gasteiger charge is 2.21. The lowest BCUT2D eigenvalue weighted by Crippen LogP contribution is -2.29. The molecule has 0 fully saturated rings. The van der Waals surface area contributed by atoms with Crippen LogP contribution in [0.5, 0.6) is 0 Å². The maximum Gasteiger partial charge on any atom is 0.345 e. The SMILES string of the molecule is O=C(O)c1cc2c(s1)CN(Cc1cnc3ccsc3c1)CC2. The highest BCUT2D eigenvalue weighted by atomic mass is 32.1. The first kappa shape index (κ1) is 13.9. The minimum atomic E-state index is -0.821. The molecule has 4 heterocycles. The zero-order valence-corrected chi connectivity index (χ0v) is 13.4. The largest absolute Gasteiger partial charge is 0.477 e. The van der Waals surface area contributed by atoms with Gasteiger partial charge in [-0.25, -0.2) is 4.79 Å². The molecule has 6 heteroatoms. The second-order valence-corrected chi connectivity index (χ2v) is 7.56. The monoisotopic (exact) mass is 330 g/mol.